The maximum atomic E-state index is 11.3. The summed E-state index contributed by atoms with van der Waals surface area (Å²) >= 11 is 0. The SMILES string of the molecule is CNC(=O)c1cccc(OC(C)C)c1. The van der Waals surface area contributed by atoms with Gasteiger partial charge in [0.2, 0.25) is 0 Å². The minimum Gasteiger partial charge on any atom is -0.491 e. The third-order valence-electron chi connectivity index (χ3n) is 1.70. The predicted octanol–water partition coefficient (Wildman–Crippen LogP) is 1.83. The first-order chi connectivity index (χ1) is 6.63. The van der Waals surface area contributed by atoms with Crippen molar-refractivity contribution in [1.82, 2.24) is 5.32 Å². The van der Waals surface area contributed by atoms with E-state index in [9.17, 15) is 4.79 Å². The quantitative estimate of drug-likeness (QED) is 0.795. The molecule has 0 fully saturated rings. The minimum atomic E-state index is -0.0980. The Labute approximate surface area is 84.1 Å². The molecule has 1 aromatic carbocycles. The summed E-state index contributed by atoms with van der Waals surface area (Å²) in [6, 6.07) is 7.14. The molecule has 1 aromatic rings. The fraction of sp³-hybridized carbons (Fsp3) is 0.364. The molecule has 76 valence electrons. The standard InChI is InChI=1S/C11H15NO2/c1-8(2)14-10-6-4-5-9(7-10)11(13)12-3/h4-8H,1-3H3,(H,12,13). The van der Waals surface area contributed by atoms with Gasteiger partial charge in [0.25, 0.3) is 5.91 Å². The number of nitrogens with one attached hydrogen (secondary N) is 1. The molecule has 0 saturated carbocycles. The molecule has 3 heteroatoms. The lowest BCUT2D eigenvalue weighted by molar-refractivity contribution is 0.0962. The zero-order valence-corrected chi connectivity index (χ0v) is 8.70. The second-order valence-corrected chi connectivity index (χ2v) is 3.27. The Bertz CT molecular complexity index is 321. The zero-order chi connectivity index (χ0) is 10.6. The van der Waals surface area contributed by atoms with E-state index in [4.69, 9.17) is 4.74 Å². The van der Waals surface area contributed by atoms with Gasteiger partial charge in [0.1, 0.15) is 5.75 Å². The van der Waals surface area contributed by atoms with Crippen molar-refractivity contribution in [1.29, 1.82) is 0 Å². The first-order valence-corrected chi connectivity index (χ1v) is 4.62. The van der Waals surface area contributed by atoms with Gasteiger partial charge in [-0.05, 0) is 32.0 Å². The molecule has 0 radical (unpaired) electrons. The molecule has 0 aliphatic heterocycles. The molecular weight excluding hydrogens is 178 g/mol. The van der Waals surface area contributed by atoms with E-state index in [0.717, 1.165) is 5.75 Å². The van der Waals surface area contributed by atoms with Crippen molar-refractivity contribution in [2.75, 3.05) is 7.05 Å². The third-order valence-corrected chi connectivity index (χ3v) is 1.70. The second-order valence-electron chi connectivity index (χ2n) is 3.27. The van der Waals surface area contributed by atoms with Crippen LogP contribution in [0.1, 0.15) is 24.2 Å². The lowest BCUT2D eigenvalue weighted by atomic mass is 10.2. The van der Waals surface area contributed by atoms with Crippen molar-refractivity contribution in [3.05, 3.63) is 29.8 Å². The van der Waals surface area contributed by atoms with Crippen LogP contribution < -0.4 is 10.1 Å². The number of amides is 1. The summed E-state index contributed by atoms with van der Waals surface area (Å²) in [5.74, 6) is 0.625. The summed E-state index contributed by atoms with van der Waals surface area (Å²) < 4.78 is 5.47. The third kappa shape index (κ3) is 2.76. The first kappa shape index (κ1) is 10.6. The highest BCUT2D eigenvalue weighted by Crippen LogP contribution is 2.14. The largest absolute Gasteiger partial charge is 0.491 e. The highest BCUT2D eigenvalue weighted by Gasteiger charge is 2.04. The Morgan fingerprint density at radius 1 is 1.43 bits per heavy atom. The normalized spacial score (nSPS) is 10.0. The molecule has 0 unspecified atom stereocenters. The molecule has 0 saturated heterocycles. The number of rotatable bonds is 3. The van der Waals surface area contributed by atoms with Crippen LogP contribution in [0.25, 0.3) is 0 Å². The molecule has 0 aliphatic carbocycles. The Hall–Kier alpha value is -1.51. The average molecular weight is 193 g/mol. The van der Waals surface area contributed by atoms with Crippen molar-refractivity contribution in [2.24, 2.45) is 0 Å². The summed E-state index contributed by atoms with van der Waals surface area (Å²) in [5, 5.41) is 2.57. The van der Waals surface area contributed by atoms with Gasteiger partial charge in [0.15, 0.2) is 0 Å². The number of hydrogen-bond donors (Lipinski definition) is 1. The zero-order valence-electron chi connectivity index (χ0n) is 8.70. The topological polar surface area (TPSA) is 38.3 Å². The van der Waals surface area contributed by atoms with Gasteiger partial charge >= 0.3 is 0 Å². The van der Waals surface area contributed by atoms with Gasteiger partial charge in [-0.3, -0.25) is 4.79 Å². The van der Waals surface area contributed by atoms with Gasteiger partial charge in [0.05, 0.1) is 6.10 Å². The molecule has 1 amide bonds. The molecule has 0 aromatic heterocycles. The van der Waals surface area contributed by atoms with Crippen LogP contribution in [-0.2, 0) is 0 Å². The van der Waals surface area contributed by atoms with Gasteiger partial charge in [0, 0.05) is 12.6 Å². The summed E-state index contributed by atoms with van der Waals surface area (Å²) in [5.41, 5.74) is 0.616. The summed E-state index contributed by atoms with van der Waals surface area (Å²) in [4.78, 5) is 11.3. The second kappa shape index (κ2) is 4.65. The number of benzene rings is 1. The Morgan fingerprint density at radius 2 is 2.14 bits per heavy atom. The molecule has 3 nitrogen and oxygen atoms in total. The highest BCUT2D eigenvalue weighted by atomic mass is 16.5. The van der Waals surface area contributed by atoms with Crippen molar-refractivity contribution < 1.29 is 9.53 Å². The van der Waals surface area contributed by atoms with Crippen molar-refractivity contribution in [3.8, 4) is 5.75 Å². The van der Waals surface area contributed by atoms with Gasteiger partial charge in [-0.25, -0.2) is 0 Å². The first-order valence-electron chi connectivity index (χ1n) is 4.62. The molecule has 1 N–H and O–H groups in total. The fourth-order valence-electron chi connectivity index (χ4n) is 1.13. The Morgan fingerprint density at radius 3 is 2.71 bits per heavy atom. The lowest BCUT2D eigenvalue weighted by Crippen LogP contribution is -2.17. The number of hydrogen-bond acceptors (Lipinski definition) is 2. The van der Waals surface area contributed by atoms with Gasteiger partial charge in [-0.1, -0.05) is 6.07 Å². The highest BCUT2D eigenvalue weighted by molar-refractivity contribution is 5.94. The molecule has 1 rings (SSSR count). The molecule has 0 heterocycles. The van der Waals surface area contributed by atoms with Crippen LogP contribution in [0.3, 0.4) is 0 Å². The van der Waals surface area contributed by atoms with Crippen LogP contribution in [0.5, 0.6) is 5.75 Å². The van der Waals surface area contributed by atoms with E-state index in [-0.39, 0.29) is 12.0 Å². The average Bonchev–Trinajstić information content (AvgIpc) is 2.16. The monoisotopic (exact) mass is 193 g/mol. The van der Waals surface area contributed by atoms with Crippen LogP contribution >= 0.6 is 0 Å². The van der Waals surface area contributed by atoms with E-state index in [0.29, 0.717) is 5.56 Å². The van der Waals surface area contributed by atoms with Crippen LogP contribution in [0.15, 0.2) is 24.3 Å². The number of carbonyl (C=O) groups is 1. The van der Waals surface area contributed by atoms with Crippen molar-refractivity contribution in [3.63, 3.8) is 0 Å². The van der Waals surface area contributed by atoms with E-state index < -0.39 is 0 Å². The molecule has 14 heavy (non-hydrogen) atoms. The fourth-order valence-corrected chi connectivity index (χ4v) is 1.13. The lowest BCUT2D eigenvalue weighted by Gasteiger charge is -2.10. The maximum absolute atomic E-state index is 11.3. The van der Waals surface area contributed by atoms with E-state index in [1.165, 1.54) is 0 Å². The van der Waals surface area contributed by atoms with E-state index in [1.54, 1.807) is 19.2 Å². The van der Waals surface area contributed by atoms with Crippen LogP contribution in [0.4, 0.5) is 0 Å². The minimum absolute atomic E-state index is 0.0980. The van der Waals surface area contributed by atoms with Gasteiger partial charge in [-0.2, -0.15) is 0 Å². The predicted molar refractivity (Wildman–Crippen MR) is 55.6 cm³/mol. The van der Waals surface area contributed by atoms with Crippen LogP contribution in [-0.4, -0.2) is 19.1 Å². The Kier molecular flexibility index (Phi) is 3.51. The molecule has 0 bridgehead atoms. The van der Waals surface area contributed by atoms with E-state index in [2.05, 4.69) is 5.32 Å². The summed E-state index contributed by atoms with van der Waals surface area (Å²) in [7, 11) is 1.61. The van der Waals surface area contributed by atoms with Crippen LogP contribution in [0, 0.1) is 0 Å². The number of ether oxygens (including phenoxy) is 1. The van der Waals surface area contributed by atoms with Crippen LogP contribution in [0.2, 0.25) is 0 Å². The molecule has 0 atom stereocenters. The summed E-state index contributed by atoms with van der Waals surface area (Å²) in [6.45, 7) is 3.90. The van der Waals surface area contributed by atoms with Gasteiger partial charge < -0.3 is 10.1 Å². The molecular formula is C11H15NO2. The van der Waals surface area contributed by atoms with E-state index in [1.807, 2.05) is 26.0 Å². The number of carbonyl (C=O) groups excluding carboxylic acids is 1. The Balaban J connectivity index is 2.84. The smallest absolute Gasteiger partial charge is 0.251 e. The van der Waals surface area contributed by atoms with Crippen molar-refractivity contribution >= 4 is 5.91 Å². The molecule has 0 spiro atoms. The maximum Gasteiger partial charge on any atom is 0.251 e. The van der Waals surface area contributed by atoms with E-state index >= 15 is 0 Å². The van der Waals surface area contributed by atoms with Crippen molar-refractivity contribution in [2.45, 2.75) is 20.0 Å². The molecule has 0 aliphatic rings. The summed E-state index contributed by atoms with van der Waals surface area (Å²) in [6.07, 6.45) is 0.120. The van der Waals surface area contributed by atoms with Gasteiger partial charge in [-0.15, -0.1) is 0 Å².